The van der Waals surface area contributed by atoms with Gasteiger partial charge in [0.05, 0.1) is 11.5 Å². The molecule has 0 radical (unpaired) electrons. The van der Waals surface area contributed by atoms with Crippen molar-refractivity contribution in [2.24, 2.45) is 0 Å². The van der Waals surface area contributed by atoms with Crippen molar-refractivity contribution in [1.82, 2.24) is 10.1 Å². The third-order valence-corrected chi connectivity index (χ3v) is 7.25. The molecule has 0 saturated carbocycles. The van der Waals surface area contributed by atoms with Crippen LogP contribution in [0.5, 0.6) is 0 Å². The minimum Gasteiger partial charge on any atom is -0.378 e. The SMILES string of the molecule is CN(C)c1ccc(CN(C(=O)c2cc(-c3ccccc3)on2)[C@@H]2CCS(=O)(=O)C2)cc1. The lowest BCUT2D eigenvalue weighted by Gasteiger charge is -2.27. The number of carbonyl (C=O) groups excluding carboxylic acids is 1. The predicted octanol–water partition coefficient (Wildman–Crippen LogP) is 3.24. The number of anilines is 1. The molecule has 0 aliphatic carbocycles. The summed E-state index contributed by atoms with van der Waals surface area (Å²) < 4.78 is 29.6. The number of hydrogen-bond acceptors (Lipinski definition) is 6. The number of amides is 1. The third kappa shape index (κ3) is 4.80. The van der Waals surface area contributed by atoms with Crippen LogP contribution in [0.1, 0.15) is 22.5 Å². The zero-order valence-electron chi connectivity index (χ0n) is 17.6. The first-order valence-corrected chi connectivity index (χ1v) is 11.9. The molecule has 1 aliphatic heterocycles. The quantitative estimate of drug-likeness (QED) is 0.586. The van der Waals surface area contributed by atoms with Gasteiger partial charge < -0.3 is 14.3 Å². The van der Waals surface area contributed by atoms with Crippen LogP contribution in [0, 0.1) is 0 Å². The van der Waals surface area contributed by atoms with Gasteiger partial charge in [-0.25, -0.2) is 8.42 Å². The van der Waals surface area contributed by atoms with E-state index in [0.717, 1.165) is 16.8 Å². The average Bonchev–Trinajstić information content (AvgIpc) is 3.39. The van der Waals surface area contributed by atoms with Crippen molar-refractivity contribution in [3.63, 3.8) is 0 Å². The molecule has 1 saturated heterocycles. The van der Waals surface area contributed by atoms with E-state index in [9.17, 15) is 13.2 Å². The zero-order chi connectivity index (χ0) is 22.0. The lowest BCUT2D eigenvalue weighted by Crippen LogP contribution is -2.40. The highest BCUT2D eigenvalue weighted by atomic mass is 32.2. The first kappa shape index (κ1) is 21.1. The maximum Gasteiger partial charge on any atom is 0.276 e. The summed E-state index contributed by atoms with van der Waals surface area (Å²) >= 11 is 0. The summed E-state index contributed by atoms with van der Waals surface area (Å²) in [5, 5.41) is 3.98. The molecule has 0 unspecified atom stereocenters. The first-order valence-electron chi connectivity index (χ1n) is 10.1. The first-order chi connectivity index (χ1) is 14.8. The summed E-state index contributed by atoms with van der Waals surface area (Å²) in [4.78, 5) is 17.0. The van der Waals surface area contributed by atoms with Crippen molar-refractivity contribution >= 4 is 21.4 Å². The monoisotopic (exact) mass is 439 g/mol. The summed E-state index contributed by atoms with van der Waals surface area (Å²) in [5.74, 6) is 0.232. The smallest absolute Gasteiger partial charge is 0.276 e. The summed E-state index contributed by atoms with van der Waals surface area (Å²) in [5.41, 5.74) is 2.97. The summed E-state index contributed by atoms with van der Waals surface area (Å²) in [6.07, 6.45) is 0.424. The van der Waals surface area contributed by atoms with E-state index in [1.165, 1.54) is 0 Å². The van der Waals surface area contributed by atoms with Crippen molar-refractivity contribution in [3.05, 3.63) is 71.9 Å². The van der Waals surface area contributed by atoms with Crippen LogP contribution in [-0.4, -0.2) is 56.0 Å². The highest BCUT2D eigenvalue weighted by Gasteiger charge is 2.36. The van der Waals surface area contributed by atoms with Crippen molar-refractivity contribution in [2.45, 2.75) is 19.0 Å². The zero-order valence-corrected chi connectivity index (χ0v) is 18.4. The molecule has 2 heterocycles. The standard InChI is InChI=1S/C23H25N3O4S/c1-25(2)19-10-8-17(9-11-19)15-26(20-12-13-31(28,29)16-20)23(27)21-14-22(30-24-21)18-6-4-3-5-7-18/h3-11,14,20H,12-13,15-16H2,1-2H3/t20-/m1/s1. The number of aromatic nitrogens is 1. The fourth-order valence-corrected chi connectivity index (χ4v) is 5.48. The lowest BCUT2D eigenvalue weighted by molar-refractivity contribution is 0.0670. The van der Waals surface area contributed by atoms with Crippen LogP contribution in [0.3, 0.4) is 0 Å². The van der Waals surface area contributed by atoms with Gasteiger partial charge in [0.25, 0.3) is 5.91 Å². The van der Waals surface area contributed by atoms with E-state index < -0.39 is 9.84 Å². The van der Waals surface area contributed by atoms with E-state index in [4.69, 9.17) is 4.52 Å². The van der Waals surface area contributed by atoms with Gasteiger partial charge in [0, 0.05) is 44.0 Å². The largest absolute Gasteiger partial charge is 0.378 e. The lowest BCUT2D eigenvalue weighted by atomic mass is 10.1. The minimum absolute atomic E-state index is 0.0298. The Labute approximate surface area is 182 Å². The van der Waals surface area contributed by atoms with Gasteiger partial charge in [-0.2, -0.15) is 0 Å². The van der Waals surface area contributed by atoms with Crippen LogP contribution >= 0.6 is 0 Å². The Bertz CT molecular complexity index is 1160. The maximum atomic E-state index is 13.4. The number of nitrogens with zero attached hydrogens (tertiary/aromatic N) is 3. The average molecular weight is 440 g/mol. The molecule has 7 nitrogen and oxygen atoms in total. The molecule has 1 aliphatic rings. The van der Waals surface area contributed by atoms with Crippen molar-refractivity contribution in [1.29, 1.82) is 0 Å². The van der Waals surface area contributed by atoms with Crippen molar-refractivity contribution < 1.29 is 17.7 Å². The van der Waals surface area contributed by atoms with E-state index in [-0.39, 0.29) is 29.1 Å². The summed E-state index contributed by atoms with van der Waals surface area (Å²) in [7, 11) is 0.774. The van der Waals surface area contributed by atoms with Crippen LogP contribution in [0.25, 0.3) is 11.3 Å². The normalized spacial score (nSPS) is 17.4. The molecular formula is C23H25N3O4S. The maximum absolute atomic E-state index is 13.4. The van der Waals surface area contributed by atoms with Crippen molar-refractivity contribution in [2.75, 3.05) is 30.5 Å². The van der Waals surface area contributed by atoms with E-state index >= 15 is 0 Å². The van der Waals surface area contributed by atoms with Crippen LogP contribution in [0.15, 0.2) is 65.2 Å². The molecule has 4 rings (SSSR count). The van der Waals surface area contributed by atoms with Crippen LogP contribution in [-0.2, 0) is 16.4 Å². The molecule has 2 aromatic carbocycles. The number of carbonyl (C=O) groups is 1. The molecule has 1 aromatic heterocycles. The van der Waals surface area contributed by atoms with E-state index in [2.05, 4.69) is 5.16 Å². The molecule has 8 heteroatoms. The van der Waals surface area contributed by atoms with Gasteiger partial charge in [0.15, 0.2) is 21.3 Å². The molecule has 162 valence electrons. The molecule has 31 heavy (non-hydrogen) atoms. The van der Waals surface area contributed by atoms with E-state index in [0.29, 0.717) is 18.7 Å². The third-order valence-electron chi connectivity index (χ3n) is 5.50. The summed E-state index contributed by atoms with van der Waals surface area (Å²) in [6, 6.07) is 18.5. The fraction of sp³-hybridized carbons (Fsp3) is 0.304. The molecule has 0 N–H and O–H groups in total. The van der Waals surface area contributed by atoms with Gasteiger partial charge in [-0.05, 0) is 24.1 Å². The van der Waals surface area contributed by atoms with Crippen LogP contribution in [0.2, 0.25) is 0 Å². The van der Waals surface area contributed by atoms with E-state index in [1.807, 2.05) is 73.6 Å². The molecule has 1 amide bonds. The molecule has 0 bridgehead atoms. The molecular weight excluding hydrogens is 414 g/mol. The van der Waals surface area contributed by atoms with Crippen molar-refractivity contribution in [3.8, 4) is 11.3 Å². The second-order valence-electron chi connectivity index (χ2n) is 7.99. The second kappa shape index (κ2) is 8.55. The Kier molecular flexibility index (Phi) is 5.82. The number of sulfone groups is 1. The van der Waals surface area contributed by atoms with Gasteiger partial charge in [-0.15, -0.1) is 0 Å². The number of rotatable bonds is 6. The Balaban J connectivity index is 1.61. The van der Waals surface area contributed by atoms with Gasteiger partial charge in [-0.3, -0.25) is 4.79 Å². The molecule has 0 spiro atoms. The van der Waals surface area contributed by atoms with Gasteiger partial charge >= 0.3 is 0 Å². The molecule has 1 atom stereocenters. The van der Waals surface area contributed by atoms with Gasteiger partial charge in [0.2, 0.25) is 0 Å². The molecule has 1 fully saturated rings. The summed E-state index contributed by atoms with van der Waals surface area (Å²) in [6.45, 7) is 0.306. The van der Waals surface area contributed by atoms with E-state index in [1.54, 1.807) is 11.0 Å². The number of benzene rings is 2. The van der Waals surface area contributed by atoms with Gasteiger partial charge in [0.1, 0.15) is 0 Å². The Morgan fingerprint density at radius 2 is 1.81 bits per heavy atom. The Hall–Kier alpha value is -3.13. The Morgan fingerprint density at radius 1 is 1.10 bits per heavy atom. The highest BCUT2D eigenvalue weighted by Crippen LogP contribution is 2.25. The topological polar surface area (TPSA) is 83.7 Å². The second-order valence-corrected chi connectivity index (χ2v) is 10.2. The van der Waals surface area contributed by atoms with Crippen LogP contribution < -0.4 is 4.90 Å². The predicted molar refractivity (Wildman–Crippen MR) is 120 cm³/mol. The van der Waals surface area contributed by atoms with Crippen LogP contribution in [0.4, 0.5) is 5.69 Å². The Morgan fingerprint density at radius 3 is 2.42 bits per heavy atom. The fourth-order valence-electron chi connectivity index (χ4n) is 3.75. The molecule has 3 aromatic rings. The van der Waals surface area contributed by atoms with Gasteiger partial charge in [-0.1, -0.05) is 47.6 Å². The number of hydrogen-bond donors (Lipinski definition) is 0. The highest BCUT2D eigenvalue weighted by molar-refractivity contribution is 7.91. The minimum atomic E-state index is -3.15.